The normalized spacial score (nSPS) is 9.27. The van der Waals surface area contributed by atoms with Crippen LogP contribution in [0.4, 0.5) is 0 Å². The zero-order valence-electron chi connectivity index (χ0n) is 6.66. The van der Waals surface area contributed by atoms with Gasteiger partial charge in [0.2, 0.25) is 0 Å². The van der Waals surface area contributed by atoms with Gasteiger partial charge >= 0.3 is 0 Å². The Morgan fingerprint density at radius 1 is 0.727 bits per heavy atom. The van der Waals surface area contributed by atoms with Gasteiger partial charge < -0.3 is 19.7 Å². The molecule has 0 radical (unpaired) electrons. The second-order valence-corrected chi connectivity index (χ2v) is 1.67. The summed E-state index contributed by atoms with van der Waals surface area (Å²) >= 11 is 0. The molecule has 0 unspecified atom stereocenters. The van der Waals surface area contributed by atoms with Crippen LogP contribution in [-0.4, -0.2) is 49.9 Å². The molecule has 0 saturated carbocycles. The zero-order valence-corrected chi connectivity index (χ0v) is 12.2. The van der Waals surface area contributed by atoms with Crippen LogP contribution in [0.2, 0.25) is 0 Å². The number of ether oxygens (including phenoxy) is 2. The third-order valence-electron chi connectivity index (χ3n) is 0.843. The fourth-order valence-electron chi connectivity index (χ4n) is 0.451. The van der Waals surface area contributed by atoms with E-state index >= 15 is 0 Å². The third-order valence-corrected chi connectivity index (χ3v) is 0.843. The molecular weight excluding hydrogens is 337 g/mol. The van der Waals surface area contributed by atoms with Gasteiger partial charge in [-0.05, 0) is 0 Å². The summed E-state index contributed by atoms with van der Waals surface area (Å²) in [6, 6.07) is 0. The maximum atomic E-state index is 8.26. The van der Waals surface area contributed by atoms with Crippen molar-refractivity contribution in [2.45, 2.75) is 0 Å². The van der Waals surface area contributed by atoms with Crippen molar-refractivity contribution in [1.29, 1.82) is 0 Å². The van der Waals surface area contributed by atoms with Crippen molar-refractivity contribution < 1.29 is 47.4 Å². The summed E-state index contributed by atoms with van der Waals surface area (Å²) in [5.74, 6) is 0. The quantitative estimate of drug-likeness (QED) is 0.457. The van der Waals surface area contributed by atoms with Crippen molar-refractivity contribution in [2.75, 3.05) is 39.6 Å². The maximum Gasteiger partial charge on any atom is 0.0701 e. The zero-order chi connectivity index (χ0) is 7.66. The molecule has 11 heavy (non-hydrogen) atoms. The van der Waals surface area contributed by atoms with E-state index in [-0.39, 0.29) is 40.9 Å². The van der Waals surface area contributed by atoms with Crippen LogP contribution < -0.4 is 0 Å². The van der Waals surface area contributed by atoms with E-state index in [2.05, 4.69) is 0 Å². The molecule has 0 bridgehead atoms. The Morgan fingerprint density at radius 3 is 1.36 bits per heavy atom. The average Bonchev–Trinajstić information content (AvgIpc) is 1.97. The van der Waals surface area contributed by atoms with E-state index in [1.807, 2.05) is 0 Å². The SMILES string of the molecule is OCCOCCOCCO.[Hg]. The number of aliphatic hydroxyl groups excluding tert-OH is 2. The van der Waals surface area contributed by atoms with Crippen LogP contribution in [0.3, 0.4) is 0 Å². The number of aliphatic hydroxyl groups is 2. The molecule has 0 aliphatic rings. The first-order valence-corrected chi connectivity index (χ1v) is 3.29. The minimum atomic E-state index is 0. The van der Waals surface area contributed by atoms with Gasteiger partial charge in [0.05, 0.1) is 39.6 Å². The molecular formula is C6H14HgO4. The van der Waals surface area contributed by atoms with E-state index in [4.69, 9.17) is 19.7 Å². The molecule has 64 valence electrons. The molecule has 0 aliphatic carbocycles. The Kier molecular flexibility index (Phi) is 17.4. The van der Waals surface area contributed by atoms with E-state index in [9.17, 15) is 0 Å². The molecule has 0 amide bonds. The number of hydrogen-bond acceptors (Lipinski definition) is 4. The van der Waals surface area contributed by atoms with Crippen molar-refractivity contribution in [3.8, 4) is 0 Å². The minimum absolute atomic E-state index is 0. The van der Waals surface area contributed by atoms with Crippen LogP contribution in [0.25, 0.3) is 0 Å². The molecule has 0 atom stereocenters. The molecule has 0 aliphatic heterocycles. The molecule has 0 saturated heterocycles. The Labute approximate surface area is 87.0 Å². The first-order chi connectivity index (χ1) is 4.91. The molecule has 0 aromatic carbocycles. The van der Waals surface area contributed by atoms with Gasteiger partial charge in [0.1, 0.15) is 0 Å². The molecule has 2 N–H and O–H groups in total. The second-order valence-electron chi connectivity index (χ2n) is 1.67. The summed E-state index contributed by atoms with van der Waals surface area (Å²) in [6.45, 7) is 1.73. The second kappa shape index (κ2) is 13.4. The standard InChI is InChI=1S/C6H14O4.Hg/c7-1-3-9-5-6-10-4-2-8;/h7-8H,1-6H2;. The van der Waals surface area contributed by atoms with Gasteiger partial charge in [-0.3, -0.25) is 0 Å². The summed E-state index contributed by atoms with van der Waals surface area (Å²) in [7, 11) is 0. The Hall–Kier alpha value is 0.775. The van der Waals surface area contributed by atoms with Gasteiger partial charge in [0, 0.05) is 27.7 Å². The smallest absolute Gasteiger partial charge is 0.0701 e. The van der Waals surface area contributed by atoms with Crippen LogP contribution in [0.5, 0.6) is 0 Å². The summed E-state index contributed by atoms with van der Waals surface area (Å²) < 4.78 is 9.75. The fourth-order valence-corrected chi connectivity index (χ4v) is 0.451. The molecule has 5 heteroatoms. The first kappa shape index (κ1) is 14.3. The largest absolute Gasteiger partial charge is 0.394 e. The first-order valence-electron chi connectivity index (χ1n) is 3.29. The van der Waals surface area contributed by atoms with E-state index in [0.29, 0.717) is 26.4 Å². The molecule has 0 rings (SSSR count). The van der Waals surface area contributed by atoms with Crippen molar-refractivity contribution in [2.24, 2.45) is 0 Å². The van der Waals surface area contributed by atoms with Crippen LogP contribution in [0.1, 0.15) is 0 Å². The predicted molar refractivity (Wildman–Crippen MR) is 35.8 cm³/mol. The van der Waals surface area contributed by atoms with Crippen LogP contribution in [0.15, 0.2) is 0 Å². The van der Waals surface area contributed by atoms with Crippen LogP contribution in [0, 0.1) is 0 Å². The van der Waals surface area contributed by atoms with Crippen molar-refractivity contribution in [3.63, 3.8) is 0 Å². The Balaban J connectivity index is 0. The monoisotopic (exact) mass is 352 g/mol. The Bertz CT molecular complexity index is 54.5. The topological polar surface area (TPSA) is 58.9 Å². The summed E-state index contributed by atoms with van der Waals surface area (Å²) in [5.41, 5.74) is 0. The summed E-state index contributed by atoms with van der Waals surface area (Å²) in [6.07, 6.45) is 0. The molecule has 0 aromatic heterocycles. The number of rotatable bonds is 7. The van der Waals surface area contributed by atoms with Gasteiger partial charge in [-0.25, -0.2) is 0 Å². The summed E-state index contributed by atoms with van der Waals surface area (Å²) in [4.78, 5) is 0. The van der Waals surface area contributed by atoms with Gasteiger partial charge in [0.25, 0.3) is 0 Å². The molecule has 0 aromatic rings. The molecule has 0 heterocycles. The fraction of sp³-hybridized carbons (Fsp3) is 1.00. The van der Waals surface area contributed by atoms with Crippen LogP contribution in [-0.2, 0) is 37.1 Å². The van der Waals surface area contributed by atoms with E-state index in [1.54, 1.807) is 0 Å². The van der Waals surface area contributed by atoms with Crippen LogP contribution >= 0.6 is 0 Å². The van der Waals surface area contributed by atoms with Gasteiger partial charge in [-0.15, -0.1) is 0 Å². The molecule has 0 fully saturated rings. The van der Waals surface area contributed by atoms with Gasteiger partial charge in [-0.2, -0.15) is 0 Å². The number of hydrogen-bond donors (Lipinski definition) is 2. The van der Waals surface area contributed by atoms with E-state index in [0.717, 1.165) is 0 Å². The van der Waals surface area contributed by atoms with Crippen molar-refractivity contribution in [3.05, 3.63) is 0 Å². The maximum absolute atomic E-state index is 8.26. The van der Waals surface area contributed by atoms with Gasteiger partial charge in [-0.1, -0.05) is 0 Å². The Morgan fingerprint density at radius 2 is 1.09 bits per heavy atom. The van der Waals surface area contributed by atoms with Crippen molar-refractivity contribution >= 4 is 0 Å². The average molecular weight is 351 g/mol. The van der Waals surface area contributed by atoms with Crippen molar-refractivity contribution in [1.82, 2.24) is 0 Å². The predicted octanol–water partition coefficient (Wildman–Crippen LogP) is -0.998. The van der Waals surface area contributed by atoms with Gasteiger partial charge in [0.15, 0.2) is 0 Å². The molecule has 0 spiro atoms. The summed E-state index contributed by atoms with van der Waals surface area (Å²) in [5, 5.41) is 16.5. The van der Waals surface area contributed by atoms with E-state index in [1.165, 1.54) is 0 Å². The third kappa shape index (κ3) is 13.7. The van der Waals surface area contributed by atoms with E-state index < -0.39 is 0 Å². The molecule has 4 nitrogen and oxygen atoms in total. The minimum Gasteiger partial charge on any atom is -0.394 e.